The molecule has 0 aliphatic heterocycles. The quantitative estimate of drug-likeness (QED) is 0.176. The van der Waals surface area contributed by atoms with Gasteiger partial charge in [-0.3, -0.25) is 0 Å². The number of nitrogens with zero attached hydrogens (tertiary/aromatic N) is 3. The van der Waals surface area contributed by atoms with Gasteiger partial charge in [-0.25, -0.2) is 4.98 Å². The fraction of sp³-hybridized carbons (Fsp3) is 0.208. The molecule has 0 bridgehead atoms. The molecule has 32 heavy (non-hydrogen) atoms. The molecular weight excluding hydrogens is 408 g/mol. The Hall–Kier alpha value is -4.07. The summed E-state index contributed by atoms with van der Waals surface area (Å²) in [5, 5.41) is 10.7. The van der Waals surface area contributed by atoms with Crippen molar-refractivity contribution in [3.63, 3.8) is 0 Å². The maximum absolute atomic E-state index is 12.9. The van der Waals surface area contributed by atoms with Gasteiger partial charge in [-0.2, -0.15) is 4.73 Å². The smallest absolute Gasteiger partial charge is 0.292 e. The summed E-state index contributed by atoms with van der Waals surface area (Å²) < 4.78 is 13.2. The van der Waals surface area contributed by atoms with Crippen LogP contribution in [0.3, 0.4) is 0 Å². The number of para-hydroxylation sites is 2. The van der Waals surface area contributed by atoms with Gasteiger partial charge in [0, 0.05) is 22.6 Å². The number of imidazole rings is 1. The number of nitrogens with one attached hydrogen (secondary N) is 1. The minimum absolute atomic E-state index is 0.328. The van der Waals surface area contributed by atoms with E-state index in [-0.39, 0.29) is 0 Å². The van der Waals surface area contributed by atoms with Crippen LogP contribution >= 0.6 is 0 Å². The predicted octanol–water partition coefficient (Wildman–Crippen LogP) is 4.68. The second kappa shape index (κ2) is 7.88. The molecule has 2 aromatic heterocycles. The van der Waals surface area contributed by atoms with E-state index in [0.717, 1.165) is 27.6 Å². The third-order valence-corrected chi connectivity index (χ3v) is 5.55. The van der Waals surface area contributed by atoms with Gasteiger partial charge in [0.1, 0.15) is 5.82 Å². The summed E-state index contributed by atoms with van der Waals surface area (Å²) in [6.07, 6.45) is 2.03. The van der Waals surface area contributed by atoms with Crippen LogP contribution in [0.5, 0.6) is 11.5 Å². The molecule has 0 fully saturated rings. The zero-order chi connectivity index (χ0) is 22.2. The van der Waals surface area contributed by atoms with Crippen LogP contribution < -0.4 is 13.9 Å². The van der Waals surface area contributed by atoms with Crippen molar-refractivity contribution >= 4 is 33.1 Å². The summed E-state index contributed by atoms with van der Waals surface area (Å²) in [6.45, 7) is 2.75. The molecule has 3 aromatic carbocycles. The Bertz CT molecular complexity index is 1520. The minimum atomic E-state index is 0.328. The largest absolute Gasteiger partial charge is 0.493 e. The van der Waals surface area contributed by atoms with Crippen LogP contribution in [0.2, 0.25) is 0 Å². The van der Waals surface area contributed by atoms with E-state index in [1.165, 1.54) is 0 Å². The topological polar surface area (TPSA) is 95.3 Å². The zero-order valence-electron chi connectivity index (χ0n) is 17.8. The van der Waals surface area contributed by atoms with E-state index in [2.05, 4.69) is 16.9 Å². The summed E-state index contributed by atoms with van der Waals surface area (Å²) in [7, 11) is 1.61. The van der Waals surface area contributed by atoms with Gasteiger partial charge in [0.15, 0.2) is 22.5 Å². The zero-order valence-corrected chi connectivity index (χ0v) is 17.8. The Labute approximate surface area is 183 Å². The van der Waals surface area contributed by atoms with E-state index >= 15 is 0 Å². The lowest BCUT2D eigenvalue weighted by Crippen LogP contribution is -2.20. The number of aromatic nitrogens is 4. The van der Waals surface area contributed by atoms with E-state index < -0.39 is 0 Å². The monoisotopic (exact) mass is 431 g/mol. The summed E-state index contributed by atoms with van der Waals surface area (Å²) in [5.74, 6) is 1.94. The van der Waals surface area contributed by atoms with Crippen LogP contribution in [0.25, 0.3) is 44.5 Å². The van der Waals surface area contributed by atoms with E-state index in [1.807, 2.05) is 18.2 Å². The highest BCUT2D eigenvalue weighted by Crippen LogP contribution is 2.33. The first-order valence-corrected chi connectivity index (χ1v) is 10.5. The lowest BCUT2D eigenvalue weighted by atomic mass is 10.2. The maximum atomic E-state index is 12.9. The van der Waals surface area contributed by atoms with Gasteiger partial charge in [0.2, 0.25) is 0 Å². The SMILES string of the molecule is CCCCOc1ccc(-c2nc3cc4c(cc3[nH]2)n(O)c2ccccc2[n+]4=O)cc1OC. The number of ether oxygens (including phenoxy) is 2. The average Bonchev–Trinajstić information content (AvgIpc) is 3.25. The Morgan fingerprint density at radius 2 is 1.91 bits per heavy atom. The minimum Gasteiger partial charge on any atom is -0.493 e. The lowest BCUT2D eigenvalue weighted by molar-refractivity contribution is -0.433. The molecule has 0 aliphatic rings. The van der Waals surface area contributed by atoms with Gasteiger partial charge in [-0.1, -0.05) is 25.5 Å². The molecule has 0 amide bonds. The summed E-state index contributed by atoms with van der Waals surface area (Å²) in [6, 6.07) is 16.0. The average molecular weight is 431 g/mol. The van der Waals surface area contributed by atoms with Crippen molar-refractivity contribution in [2.24, 2.45) is 0 Å². The number of fused-ring (bicyclic) bond motifs is 3. The van der Waals surface area contributed by atoms with Crippen LogP contribution in [-0.2, 0) is 0 Å². The second-order valence-corrected chi connectivity index (χ2v) is 7.61. The van der Waals surface area contributed by atoms with Gasteiger partial charge < -0.3 is 19.7 Å². The normalized spacial score (nSPS) is 11.4. The van der Waals surface area contributed by atoms with Crippen LogP contribution in [0.1, 0.15) is 19.8 Å². The lowest BCUT2D eigenvalue weighted by Gasteiger charge is -2.11. The number of H-pyrrole nitrogens is 1. The van der Waals surface area contributed by atoms with Crippen molar-refractivity contribution in [2.45, 2.75) is 19.8 Å². The van der Waals surface area contributed by atoms with Crippen molar-refractivity contribution in [1.82, 2.24) is 14.7 Å². The predicted molar refractivity (Wildman–Crippen MR) is 122 cm³/mol. The number of rotatable bonds is 6. The van der Waals surface area contributed by atoms with Gasteiger partial charge in [-0.15, -0.1) is 0 Å². The Balaban J connectivity index is 1.62. The van der Waals surface area contributed by atoms with Crippen molar-refractivity contribution in [3.8, 4) is 22.9 Å². The van der Waals surface area contributed by atoms with E-state index in [4.69, 9.17) is 9.47 Å². The van der Waals surface area contributed by atoms with E-state index in [0.29, 0.717) is 57.0 Å². The standard InChI is InChI=1S/C24H23N4O4/c1-3-4-11-32-22-10-9-15(12-23(22)31-2)24-25-16-13-20-21(14-17(16)26-24)28(30)19-8-6-5-7-18(19)27(20)29/h5-10,12-14,29H,3-4,11H2,1-2H3,(H,25,26)/q+1. The first-order chi connectivity index (χ1) is 15.6. The fourth-order valence-electron chi connectivity index (χ4n) is 3.84. The first kappa shape index (κ1) is 19.9. The van der Waals surface area contributed by atoms with Crippen molar-refractivity contribution < 1.29 is 19.1 Å². The molecule has 5 aromatic rings. The highest BCUT2D eigenvalue weighted by Gasteiger charge is 2.20. The molecule has 0 saturated heterocycles. The van der Waals surface area contributed by atoms with Gasteiger partial charge >= 0.3 is 0 Å². The highest BCUT2D eigenvalue weighted by molar-refractivity contribution is 5.93. The summed E-state index contributed by atoms with van der Waals surface area (Å²) in [5.41, 5.74) is 3.66. The van der Waals surface area contributed by atoms with E-state index in [1.54, 1.807) is 43.5 Å². The number of aromatic amines is 1. The molecule has 0 radical (unpaired) electrons. The Kier molecular flexibility index (Phi) is 4.89. The first-order valence-electron chi connectivity index (χ1n) is 10.5. The van der Waals surface area contributed by atoms with Crippen LogP contribution in [0, 0.1) is 4.91 Å². The molecule has 2 heterocycles. The molecule has 2 N–H and O–H groups in total. The molecule has 0 saturated carbocycles. The van der Waals surface area contributed by atoms with Crippen LogP contribution in [-0.4, -0.2) is 33.6 Å². The second-order valence-electron chi connectivity index (χ2n) is 7.61. The third-order valence-electron chi connectivity index (χ3n) is 5.55. The molecule has 0 atom stereocenters. The number of hydrogen-bond acceptors (Lipinski definition) is 5. The molecular formula is C24H23N4O4+. The number of methoxy groups -OCH3 is 1. The molecule has 5 rings (SSSR count). The third kappa shape index (κ3) is 3.20. The molecule has 0 spiro atoms. The Morgan fingerprint density at radius 1 is 1.06 bits per heavy atom. The van der Waals surface area contributed by atoms with Crippen LogP contribution in [0.15, 0.2) is 54.6 Å². The summed E-state index contributed by atoms with van der Waals surface area (Å²) in [4.78, 5) is 20.9. The van der Waals surface area contributed by atoms with Crippen molar-refractivity contribution in [2.75, 3.05) is 13.7 Å². The van der Waals surface area contributed by atoms with Crippen molar-refractivity contribution in [3.05, 3.63) is 59.5 Å². The number of benzene rings is 3. The van der Waals surface area contributed by atoms with Gasteiger partial charge in [-0.05, 0) is 36.8 Å². The molecule has 162 valence electrons. The van der Waals surface area contributed by atoms with Crippen LogP contribution in [0.4, 0.5) is 0 Å². The maximum Gasteiger partial charge on any atom is 0.292 e. The number of unbranched alkanes of at least 4 members (excludes halogenated alkanes) is 1. The molecule has 8 nitrogen and oxygen atoms in total. The van der Waals surface area contributed by atoms with E-state index in [9.17, 15) is 10.1 Å². The summed E-state index contributed by atoms with van der Waals surface area (Å²) >= 11 is 0. The van der Waals surface area contributed by atoms with Gasteiger partial charge in [0.25, 0.3) is 11.0 Å². The Morgan fingerprint density at radius 3 is 2.72 bits per heavy atom. The van der Waals surface area contributed by atoms with Crippen molar-refractivity contribution in [1.29, 1.82) is 0 Å². The van der Waals surface area contributed by atoms with Gasteiger partial charge in [0.05, 0.1) is 29.2 Å². The number of hydrogen-bond donors (Lipinski definition) is 2. The molecule has 0 unspecified atom stereocenters. The highest BCUT2D eigenvalue weighted by atomic mass is 16.5. The molecule has 8 heteroatoms. The fourth-order valence-corrected chi connectivity index (χ4v) is 3.84. The molecule has 0 aliphatic carbocycles.